The molecule has 5 nitrogen and oxygen atoms in total. The van der Waals surface area contributed by atoms with Gasteiger partial charge >= 0.3 is 5.97 Å². The van der Waals surface area contributed by atoms with Gasteiger partial charge in [0.25, 0.3) is 0 Å². The molecule has 126 valence electrons. The molecule has 1 heterocycles. The van der Waals surface area contributed by atoms with Crippen LogP contribution in [0.4, 0.5) is 0 Å². The SMILES string of the molecule is CC#CCOC(=O)c1cn(CC)c2ccc(CCCN)cc2c1=O. The van der Waals surface area contributed by atoms with E-state index in [4.69, 9.17) is 10.5 Å². The fourth-order valence-electron chi connectivity index (χ4n) is 2.56. The van der Waals surface area contributed by atoms with Crippen molar-refractivity contribution in [3.63, 3.8) is 0 Å². The minimum absolute atomic E-state index is 0.0184. The van der Waals surface area contributed by atoms with Gasteiger partial charge in [0.1, 0.15) is 5.56 Å². The van der Waals surface area contributed by atoms with E-state index in [0.717, 1.165) is 23.9 Å². The quantitative estimate of drug-likeness (QED) is 0.651. The predicted octanol–water partition coefficient (Wildman–Crippen LogP) is 2.09. The number of pyridine rings is 1. The molecule has 0 fully saturated rings. The third-order valence-corrected chi connectivity index (χ3v) is 3.83. The van der Waals surface area contributed by atoms with Gasteiger partial charge in [0.2, 0.25) is 5.43 Å². The van der Waals surface area contributed by atoms with Gasteiger partial charge in [0, 0.05) is 18.1 Å². The zero-order valence-electron chi connectivity index (χ0n) is 14.1. The number of carbonyl (C=O) groups is 1. The van der Waals surface area contributed by atoms with Crippen LogP contribution in [0, 0.1) is 11.8 Å². The van der Waals surface area contributed by atoms with Gasteiger partial charge in [-0.05, 0) is 50.9 Å². The molecule has 0 saturated heterocycles. The molecule has 0 aliphatic rings. The molecule has 0 amide bonds. The number of hydrogen-bond donors (Lipinski definition) is 1. The Hall–Kier alpha value is -2.58. The molecule has 5 heteroatoms. The van der Waals surface area contributed by atoms with Crippen LogP contribution in [-0.4, -0.2) is 23.7 Å². The van der Waals surface area contributed by atoms with Crippen LogP contribution in [0.3, 0.4) is 0 Å². The van der Waals surface area contributed by atoms with E-state index in [1.165, 1.54) is 0 Å². The number of rotatable bonds is 6. The first-order valence-corrected chi connectivity index (χ1v) is 8.05. The highest BCUT2D eigenvalue weighted by Crippen LogP contribution is 2.16. The summed E-state index contributed by atoms with van der Waals surface area (Å²) in [7, 11) is 0. The van der Waals surface area contributed by atoms with Crippen LogP contribution in [0.1, 0.15) is 36.2 Å². The first-order chi connectivity index (χ1) is 11.6. The van der Waals surface area contributed by atoms with Crippen LogP contribution in [0.25, 0.3) is 10.9 Å². The summed E-state index contributed by atoms with van der Waals surface area (Å²) in [5.74, 6) is 4.66. The van der Waals surface area contributed by atoms with Crippen molar-refractivity contribution < 1.29 is 9.53 Å². The summed E-state index contributed by atoms with van der Waals surface area (Å²) >= 11 is 0. The van der Waals surface area contributed by atoms with E-state index in [0.29, 0.717) is 18.5 Å². The normalized spacial score (nSPS) is 10.3. The lowest BCUT2D eigenvalue weighted by molar-refractivity contribution is 0.0554. The van der Waals surface area contributed by atoms with Gasteiger partial charge < -0.3 is 15.0 Å². The van der Waals surface area contributed by atoms with Gasteiger partial charge in [0.15, 0.2) is 6.61 Å². The lowest BCUT2D eigenvalue weighted by atomic mass is 10.0. The number of nitrogens with zero attached hydrogens (tertiary/aromatic N) is 1. The number of fused-ring (bicyclic) bond motifs is 1. The number of aromatic nitrogens is 1. The number of ether oxygens (including phenoxy) is 1. The molecule has 0 spiro atoms. The molecule has 1 aromatic carbocycles. The zero-order valence-corrected chi connectivity index (χ0v) is 14.1. The maximum absolute atomic E-state index is 12.7. The molecular weight excluding hydrogens is 304 g/mol. The maximum atomic E-state index is 12.7. The van der Waals surface area contributed by atoms with Gasteiger partial charge in [-0.1, -0.05) is 12.0 Å². The van der Waals surface area contributed by atoms with Crippen molar-refractivity contribution in [1.82, 2.24) is 4.57 Å². The highest BCUT2D eigenvalue weighted by Gasteiger charge is 2.16. The summed E-state index contributed by atoms with van der Waals surface area (Å²) in [5.41, 5.74) is 7.13. The van der Waals surface area contributed by atoms with Crippen LogP contribution in [-0.2, 0) is 17.7 Å². The van der Waals surface area contributed by atoms with Gasteiger partial charge in [-0.25, -0.2) is 4.79 Å². The average molecular weight is 326 g/mol. The van der Waals surface area contributed by atoms with Gasteiger partial charge in [0.05, 0.1) is 5.52 Å². The van der Waals surface area contributed by atoms with Crippen LogP contribution >= 0.6 is 0 Å². The number of aryl methyl sites for hydroxylation is 2. The van der Waals surface area contributed by atoms with Crippen molar-refractivity contribution in [2.45, 2.75) is 33.2 Å². The van der Waals surface area contributed by atoms with E-state index in [1.54, 1.807) is 13.1 Å². The monoisotopic (exact) mass is 326 g/mol. The number of benzene rings is 1. The standard InChI is InChI=1S/C19H22N2O3/c1-3-5-11-24-19(23)16-13-21(4-2)17-9-8-14(7-6-10-20)12-15(17)18(16)22/h8-9,12-13H,4,6-7,10-11,20H2,1-2H3. The minimum atomic E-state index is -0.640. The Balaban J connectivity index is 2.51. The molecule has 2 rings (SSSR count). The molecule has 0 radical (unpaired) electrons. The van der Waals surface area contributed by atoms with E-state index in [9.17, 15) is 9.59 Å². The van der Waals surface area contributed by atoms with Crippen LogP contribution in [0.5, 0.6) is 0 Å². The molecule has 2 N–H and O–H groups in total. The van der Waals surface area contributed by atoms with E-state index in [1.807, 2.05) is 29.7 Å². The maximum Gasteiger partial charge on any atom is 0.344 e. The number of carbonyl (C=O) groups excluding carboxylic acids is 1. The van der Waals surface area contributed by atoms with Crippen molar-refractivity contribution in [1.29, 1.82) is 0 Å². The molecule has 0 unspecified atom stereocenters. The van der Waals surface area contributed by atoms with E-state index in [2.05, 4.69) is 11.8 Å². The largest absolute Gasteiger partial charge is 0.449 e. The van der Waals surface area contributed by atoms with Crippen molar-refractivity contribution >= 4 is 16.9 Å². The first kappa shape index (κ1) is 17.8. The van der Waals surface area contributed by atoms with E-state index in [-0.39, 0.29) is 17.6 Å². The minimum Gasteiger partial charge on any atom is -0.449 e. The summed E-state index contributed by atoms with van der Waals surface area (Å²) in [5, 5.41) is 0.530. The first-order valence-electron chi connectivity index (χ1n) is 8.05. The number of hydrogen-bond acceptors (Lipinski definition) is 4. The highest BCUT2D eigenvalue weighted by atomic mass is 16.5. The number of nitrogens with two attached hydrogens (primary N) is 1. The lowest BCUT2D eigenvalue weighted by Gasteiger charge is -2.12. The van der Waals surface area contributed by atoms with Crippen LogP contribution in [0.2, 0.25) is 0 Å². The number of esters is 1. The smallest absolute Gasteiger partial charge is 0.344 e. The molecular formula is C19H22N2O3. The fourth-order valence-corrected chi connectivity index (χ4v) is 2.56. The van der Waals surface area contributed by atoms with Gasteiger partial charge in [-0.3, -0.25) is 4.79 Å². The molecule has 1 aromatic heterocycles. The summed E-state index contributed by atoms with van der Waals surface area (Å²) < 4.78 is 6.93. The second kappa shape index (κ2) is 8.32. The molecule has 0 atom stereocenters. The van der Waals surface area contributed by atoms with E-state index < -0.39 is 5.97 Å². The second-order valence-corrected chi connectivity index (χ2v) is 5.40. The third kappa shape index (κ3) is 3.84. The Bertz CT molecular complexity index is 857. The van der Waals surface area contributed by atoms with Crippen molar-refractivity contribution in [2.24, 2.45) is 5.73 Å². The third-order valence-electron chi connectivity index (χ3n) is 3.83. The zero-order chi connectivity index (χ0) is 17.5. The summed E-state index contributed by atoms with van der Waals surface area (Å²) in [6.07, 6.45) is 3.22. The average Bonchev–Trinajstić information content (AvgIpc) is 2.60. The lowest BCUT2D eigenvalue weighted by Crippen LogP contribution is -2.21. The topological polar surface area (TPSA) is 74.3 Å². The Morgan fingerprint density at radius 3 is 2.83 bits per heavy atom. The molecule has 24 heavy (non-hydrogen) atoms. The second-order valence-electron chi connectivity index (χ2n) is 5.40. The predicted molar refractivity (Wildman–Crippen MR) is 95.0 cm³/mol. The van der Waals surface area contributed by atoms with Crippen molar-refractivity contribution in [3.05, 3.63) is 45.7 Å². The van der Waals surface area contributed by atoms with Crippen LogP contribution < -0.4 is 11.2 Å². The summed E-state index contributed by atoms with van der Waals surface area (Å²) in [6, 6.07) is 5.77. The summed E-state index contributed by atoms with van der Waals surface area (Å²) in [4.78, 5) is 24.9. The highest BCUT2D eigenvalue weighted by molar-refractivity contribution is 5.94. The molecule has 0 aliphatic carbocycles. The molecule has 2 aromatic rings. The van der Waals surface area contributed by atoms with Crippen LogP contribution in [0.15, 0.2) is 29.2 Å². The Morgan fingerprint density at radius 2 is 2.17 bits per heavy atom. The Labute approximate surface area is 141 Å². The molecule has 0 bridgehead atoms. The van der Waals surface area contributed by atoms with Crippen molar-refractivity contribution in [2.75, 3.05) is 13.2 Å². The summed E-state index contributed by atoms with van der Waals surface area (Å²) in [6.45, 7) is 4.85. The fraction of sp³-hybridized carbons (Fsp3) is 0.368. The van der Waals surface area contributed by atoms with Gasteiger partial charge in [-0.2, -0.15) is 0 Å². The Kier molecular flexibility index (Phi) is 6.16. The van der Waals surface area contributed by atoms with E-state index >= 15 is 0 Å². The van der Waals surface area contributed by atoms with Crippen molar-refractivity contribution in [3.8, 4) is 11.8 Å². The molecule has 0 saturated carbocycles. The van der Waals surface area contributed by atoms with Gasteiger partial charge in [-0.15, -0.1) is 5.92 Å². The Morgan fingerprint density at radius 1 is 1.38 bits per heavy atom. The molecule has 0 aliphatic heterocycles.